The van der Waals surface area contributed by atoms with E-state index in [1.54, 1.807) is 0 Å². The van der Waals surface area contributed by atoms with Crippen LogP contribution >= 0.6 is 0 Å². The van der Waals surface area contributed by atoms with E-state index in [2.05, 4.69) is 74.5 Å². The van der Waals surface area contributed by atoms with Crippen LogP contribution in [-0.2, 0) is 5.41 Å². The summed E-state index contributed by atoms with van der Waals surface area (Å²) in [6.45, 7) is 4.55. The van der Waals surface area contributed by atoms with Crippen LogP contribution in [0, 0.1) is 0 Å². The zero-order valence-electron chi connectivity index (χ0n) is 16.5. The lowest BCUT2D eigenvalue weighted by molar-refractivity contribution is 0.660. The first-order valence-corrected chi connectivity index (χ1v) is 10.0. The third-order valence-electron chi connectivity index (χ3n) is 6.45. The second kappa shape index (κ2) is 5.51. The third kappa shape index (κ3) is 2.11. The Morgan fingerprint density at radius 2 is 1.38 bits per heavy atom. The van der Waals surface area contributed by atoms with E-state index in [4.69, 9.17) is 10.2 Å². The quantitative estimate of drug-likeness (QED) is 0.316. The molecule has 2 heteroatoms. The summed E-state index contributed by atoms with van der Waals surface area (Å²) < 4.78 is 6.27. The lowest BCUT2D eigenvalue weighted by atomic mass is 9.82. The lowest BCUT2D eigenvalue weighted by Gasteiger charge is -2.22. The smallest absolute Gasteiger partial charge is 0.143 e. The first-order valence-electron chi connectivity index (χ1n) is 10.0. The zero-order chi connectivity index (χ0) is 19.8. The summed E-state index contributed by atoms with van der Waals surface area (Å²) >= 11 is 0. The summed E-state index contributed by atoms with van der Waals surface area (Å²) in [5.41, 5.74) is 16.4. The van der Waals surface area contributed by atoms with Crippen molar-refractivity contribution in [3.05, 3.63) is 90.0 Å². The molecule has 0 atom stereocenters. The monoisotopic (exact) mass is 375 g/mol. The molecule has 0 radical (unpaired) electrons. The van der Waals surface area contributed by atoms with Crippen LogP contribution in [0.5, 0.6) is 0 Å². The largest absolute Gasteiger partial charge is 0.455 e. The topological polar surface area (TPSA) is 39.2 Å². The number of benzene rings is 4. The van der Waals surface area contributed by atoms with E-state index in [9.17, 15) is 0 Å². The molecule has 2 N–H and O–H groups in total. The van der Waals surface area contributed by atoms with Crippen LogP contribution in [0.15, 0.2) is 83.3 Å². The average molecular weight is 375 g/mol. The highest BCUT2D eigenvalue weighted by molar-refractivity contribution is 6.10. The maximum Gasteiger partial charge on any atom is 0.143 e. The Labute approximate surface area is 169 Å². The normalized spacial score (nSPS) is 14.3. The molecule has 0 amide bonds. The van der Waals surface area contributed by atoms with Gasteiger partial charge in [-0.05, 0) is 40.5 Å². The standard InChI is InChI=1S/C27H21NO/c1-27(2)22-12-5-3-8-16(22)20-14-21(24(28)15-23(20)27)19-11-7-10-18-17-9-4-6-13-25(17)29-26(18)19/h3-15H,28H2,1-2H3. The number of rotatable bonds is 1. The Morgan fingerprint density at radius 1 is 0.655 bits per heavy atom. The zero-order valence-corrected chi connectivity index (χ0v) is 16.5. The number of nitrogens with two attached hydrogens (primary N) is 1. The predicted molar refractivity (Wildman–Crippen MR) is 121 cm³/mol. The maximum atomic E-state index is 6.63. The number of hydrogen-bond donors (Lipinski definition) is 1. The fourth-order valence-electron chi connectivity index (χ4n) is 4.96. The van der Waals surface area contributed by atoms with Gasteiger partial charge in [0.1, 0.15) is 11.2 Å². The van der Waals surface area contributed by atoms with Gasteiger partial charge in [-0.2, -0.15) is 0 Å². The fraction of sp³-hybridized carbons (Fsp3) is 0.111. The van der Waals surface area contributed by atoms with Crippen molar-refractivity contribution in [1.82, 2.24) is 0 Å². The fourth-order valence-corrected chi connectivity index (χ4v) is 4.96. The van der Waals surface area contributed by atoms with Gasteiger partial charge >= 0.3 is 0 Å². The van der Waals surface area contributed by atoms with Crippen LogP contribution < -0.4 is 5.73 Å². The molecule has 1 aliphatic rings. The molecule has 4 aromatic carbocycles. The molecule has 0 unspecified atom stereocenters. The second-order valence-corrected chi connectivity index (χ2v) is 8.44. The molecule has 0 aliphatic heterocycles. The van der Waals surface area contributed by atoms with Crippen molar-refractivity contribution in [2.24, 2.45) is 0 Å². The Kier molecular flexibility index (Phi) is 3.12. The van der Waals surface area contributed by atoms with Crippen molar-refractivity contribution >= 4 is 27.6 Å². The molecule has 6 rings (SSSR count). The maximum absolute atomic E-state index is 6.63. The number of anilines is 1. The van der Waals surface area contributed by atoms with Crippen LogP contribution in [0.25, 0.3) is 44.2 Å². The van der Waals surface area contributed by atoms with E-state index in [-0.39, 0.29) is 5.41 Å². The van der Waals surface area contributed by atoms with Gasteiger partial charge in [-0.1, -0.05) is 74.5 Å². The third-order valence-corrected chi connectivity index (χ3v) is 6.45. The van der Waals surface area contributed by atoms with Crippen molar-refractivity contribution in [1.29, 1.82) is 0 Å². The number of para-hydroxylation sites is 2. The van der Waals surface area contributed by atoms with E-state index in [1.807, 2.05) is 18.2 Å². The highest BCUT2D eigenvalue weighted by Gasteiger charge is 2.36. The molecular formula is C27H21NO. The molecule has 29 heavy (non-hydrogen) atoms. The van der Waals surface area contributed by atoms with E-state index in [0.29, 0.717) is 0 Å². The van der Waals surface area contributed by atoms with Gasteiger partial charge in [-0.15, -0.1) is 0 Å². The van der Waals surface area contributed by atoms with Gasteiger partial charge in [0.05, 0.1) is 0 Å². The highest BCUT2D eigenvalue weighted by atomic mass is 16.3. The average Bonchev–Trinajstić information content (AvgIpc) is 3.21. The van der Waals surface area contributed by atoms with Gasteiger partial charge in [-0.25, -0.2) is 0 Å². The summed E-state index contributed by atoms with van der Waals surface area (Å²) in [4.78, 5) is 0. The van der Waals surface area contributed by atoms with Crippen molar-refractivity contribution in [2.45, 2.75) is 19.3 Å². The SMILES string of the molecule is CC1(C)c2ccccc2-c2cc(-c3cccc4c3oc3ccccc34)c(N)cc21. The van der Waals surface area contributed by atoms with Crippen molar-refractivity contribution in [3.63, 3.8) is 0 Å². The minimum absolute atomic E-state index is 0.0516. The van der Waals surface area contributed by atoms with Gasteiger partial charge in [0, 0.05) is 33.0 Å². The van der Waals surface area contributed by atoms with Crippen molar-refractivity contribution in [3.8, 4) is 22.3 Å². The van der Waals surface area contributed by atoms with Gasteiger partial charge in [0.25, 0.3) is 0 Å². The first-order chi connectivity index (χ1) is 14.1. The molecule has 0 spiro atoms. The van der Waals surface area contributed by atoms with Crippen LogP contribution in [-0.4, -0.2) is 0 Å². The van der Waals surface area contributed by atoms with E-state index >= 15 is 0 Å². The highest BCUT2D eigenvalue weighted by Crippen LogP contribution is 2.51. The van der Waals surface area contributed by atoms with Gasteiger partial charge in [0.15, 0.2) is 0 Å². The van der Waals surface area contributed by atoms with E-state index in [1.165, 1.54) is 22.3 Å². The van der Waals surface area contributed by atoms with Crippen LogP contribution in [0.3, 0.4) is 0 Å². The minimum atomic E-state index is -0.0516. The molecule has 1 aromatic heterocycles. The van der Waals surface area contributed by atoms with Gasteiger partial charge < -0.3 is 10.2 Å². The lowest BCUT2D eigenvalue weighted by Crippen LogP contribution is -2.15. The Hall–Kier alpha value is -3.52. The van der Waals surface area contributed by atoms with Crippen molar-refractivity contribution < 1.29 is 4.42 Å². The second-order valence-electron chi connectivity index (χ2n) is 8.44. The van der Waals surface area contributed by atoms with Crippen LogP contribution in [0.4, 0.5) is 5.69 Å². The summed E-state index contributed by atoms with van der Waals surface area (Å²) in [6.07, 6.45) is 0. The number of nitrogen functional groups attached to an aromatic ring is 1. The molecular weight excluding hydrogens is 354 g/mol. The molecule has 1 heterocycles. The molecule has 140 valence electrons. The molecule has 2 nitrogen and oxygen atoms in total. The number of furan rings is 1. The Morgan fingerprint density at radius 3 is 2.28 bits per heavy atom. The number of fused-ring (bicyclic) bond motifs is 6. The van der Waals surface area contributed by atoms with Crippen LogP contribution in [0.2, 0.25) is 0 Å². The Balaban J connectivity index is 1.67. The summed E-state index contributed by atoms with van der Waals surface area (Å²) in [7, 11) is 0. The molecule has 5 aromatic rings. The molecule has 0 saturated carbocycles. The molecule has 1 aliphatic carbocycles. The van der Waals surface area contributed by atoms with E-state index < -0.39 is 0 Å². The van der Waals surface area contributed by atoms with Gasteiger partial charge in [0.2, 0.25) is 0 Å². The summed E-state index contributed by atoms with van der Waals surface area (Å²) in [5, 5.41) is 2.26. The number of hydrogen-bond acceptors (Lipinski definition) is 2. The summed E-state index contributed by atoms with van der Waals surface area (Å²) in [6, 6.07) is 27.6. The molecule has 0 saturated heterocycles. The molecule has 0 bridgehead atoms. The van der Waals surface area contributed by atoms with Gasteiger partial charge in [-0.3, -0.25) is 0 Å². The minimum Gasteiger partial charge on any atom is -0.455 e. The van der Waals surface area contributed by atoms with Crippen LogP contribution in [0.1, 0.15) is 25.0 Å². The van der Waals surface area contributed by atoms with E-state index in [0.717, 1.165) is 38.8 Å². The van der Waals surface area contributed by atoms with Crippen molar-refractivity contribution in [2.75, 3.05) is 5.73 Å². The predicted octanol–water partition coefficient (Wildman–Crippen LogP) is 7.14. The Bertz CT molecular complexity index is 1440. The summed E-state index contributed by atoms with van der Waals surface area (Å²) in [5.74, 6) is 0. The molecule has 0 fully saturated rings. The first kappa shape index (κ1) is 16.4.